The second-order valence-electron chi connectivity index (χ2n) is 8.94. The van der Waals surface area contributed by atoms with Gasteiger partial charge >= 0.3 is 0 Å². The summed E-state index contributed by atoms with van der Waals surface area (Å²) in [6.07, 6.45) is 5.53. The molecule has 2 aromatic heterocycles. The molecule has 2 aliphatic heterocycles. The maximum Gasteiger partial charge on any atom is 0.239 e. The van der Waals surface area contributed by atoms with Gasteiger partial charge in [0.25, 0.3) is 0 Å². The van der Waals surface area contributed by atoms with Crippen molar-refractivity contribution in [3.05, 3.63) is 22.9 Å². The molecule has 5 rings (SSSR count). The minimum Gasteiger partial charge on any atom is -0.454 e. The smallest absolute Gasteiger partial charge is 0.239 e. The van der Waals surface area contributed by atoms with Crippen molar-refractivity contribution in [2.45, 2.75) is 55.2 Å². The van der Waals surface area contributed by atoms with E-state index in [0.29, 0.717) is 34.4 Å². The highest BCUT2D eigenvalue weighted by Crippen LogP contribution is 2.43. The Bertz CT molecular complexity index is 1250. The van der Waals surface area contributed by atoms with Gasteiger partial charge in [0.1, 0.15) is 6.33 Å². The Labute approximate surface area is 215 Å². The zero-order valence-electron chi connectivity index (χ0n) is 19.4. The van der Waals surface area contributed by atoms with Crippen LogP contribution in [0.25, 0.3) is 11.2 Å². The number of halogens is 1. The number of likely N-dealkylation sites (tertiary alicyclic amines) is 1. The molecule has 1 unspecified atom stereocenters. The molecule has 0 radical (unpaired) electrons. The lowest BCUT2D eigenvalue weighted by molar-refractivity contribution is -0.134. The Morgan fingerprint density at radius 3 is 2.91 bits per heavy atom. The number of fused-ring (bicyclic) bond motifs is 2. The van der Waals surface area contributed by atoms with Crippen molar-refractivity contribution in [3.63, 3.8) is 0 Å². The van der Waals surface area contributed by atoms with Gasteiger partial charge in [0.15, 0.2) is 33.6 Å². The van der Waals surface area contributed by atoms with Crippen LogP contribution in [-0.4, -0.2) is 56.3 Å². The third-order valence-corrected chi connectivity index (χ3v) is 8.34. The van der Waals surface area contributed by atoms with Gasteiger partial charge in [-0.15, -0.1) is 0 Å². The Morgan fingerprint density at radius 1 is 1.31 bits per heavy atom. The van der Waals surface area contributed by atoms with E-state index in [9.17, 15) is 4.79 Å². The number of piperidine rings is 1. The topological polar surface area (TPSA) is 134 Å². The van der Waals surface area contributed by atoms with Gasteiger partial charge < -0.3 is 30.4 Å². The number of rotatable bonds is 7. The fourth-order valence-electron chi connectivity index (χ4n) is 4.62. The monoisotopic (exact) mass is 561 g/mol. The second kappa shape index (κ2) is 10.2. The van der Waals surface area contributed by atoms with Gasteiger partial charge in [-0.05, 0) is 66.6 Å². The molecule has 186 valence electrons. The van der Waals surface area contributed by atoms with Crippen LogP contribution in [0.4, 0.5) is 5.82 Å². The standard InChI is InChI=1S/C23H28BrN7O3S/c1-13(25)22(32)30-6-2-4-14(10-30)5-3-7-31-21-19(20(26)27-11-28-21)29-23(31)35-18-9-17-16(8-15(18)24)33-12-34-17/h8-9,11,13-14H,2-7,10,12,25H2,1H3,(H2,26,27,28)/t13-,14?/m1/s1. The predicted octanol–water partition coefficient (Wildman–Crippen LogP) is 3.42. The third-order valence-electron chi connectivity index (χ3n) is 6.37. The van der Waals surface area contributed by atoms with Crippen molar-refractivity contribution < 1.29 is 14.3 Å². The maximum absolute atomic E-state index is 12.3. The van der Waals surface area contributed by atoms with E-state index in [4.69, 9.17) is 25.9 Å². The third kappa shape index (κ3) is 5.05. The first-order valence-electron chi connectivity index (χ1n) is 11.7. The van der Waals surface area contributed by atoms with Crippen molar-refractivity contribution >= 4 is 50.6 Å². The minimum atomic E-state index is -0.453. The molecular weight excluding hydrogens is 534 g/mol. The molecule has 4 heterocycles. The number of imidazole rings is 1. The van der Waals surface area contributed by atoms with E-state index in [1.165, 1.54) is 18.1 Å². The number of benzene rings is 1. The van der Waals surface area contributed by atoms with Gasteiger partial charge in [-0.2, -0.15) is 0 Å². The maximum atomic E-state index is 12.3. The first kappa shape index (κ1) is 24.1. The van der Waals surface area contributed by atoms with E-state index in [0.717, 1.165) is 59.8 Å². The predicted molar refractivity (Wildman–Crippen MR) is 136 cm³/mol. The van der Waals surface area contributed by atoms with E-state index in [2.05, 4.69) is 30.5 Å². The summed E-state index contributed by atoms with van der Waals surface area (Å²) in [5.74, 6) is 2.28. The number of aryl methyl sites for hydroxylation is 1. The van der Waals surface area contributed by atoms with Crippen LogP contribution in [0.15, 0.2) is 33.0 Å². The largest absolute Gasteiger partial charge is 0.454 e. The summed E-state index contributed by atoms with van der Waals surface area (Å²) in [5.41, 5.74) is 13.2. The number of carbonyl (C=O) groups excluding carboxylic acids is 1. The van der Waals surface area contributed by atoms with E-state index in [1.54, 1.807) is 6.92 Å². The number of hydrogen-bond donors (Lipinski definition) is 2. The molecule has 2 atom stereocenters. The molecular formula is C23H28BrN7O3S. The molecule has 1 amide bonds. The quantitative estimate of drug-likeness (QED) is 0.444. The van der Waals surface area contributed by atoms with Gasteiger partial charge in [0.05, 0.1) is 6.04 Å². The first-order valence-corrected chi connectivity index (χ1v) is 13.3. The molecule has 0 aliphatic carbocycles. The highest BCUT2D eigenvalue weighted by atomic mass is 79.9. The van der Waals surface area contributed by atoms with E-state index < -0.39 is 6.04 Å². The normalized spacial score (nSPS) is 18.3. The minimum absolute atomic E-state index is 0.0375. The Kier molecular flexibility index (Phi) is 7.03. The summed E-state index contributed by atoms with van der Waals surface area (Å²) in [7, 11) is 0. The van der Waals surface area contributed by atoms with E-state index in [-0.39, 0.29) is 12.7 Å². The van der Waals surface area contributed by atoms with Crippen LogP contribution in [0, 0.1) is 5.92 Å². The molecule has 1 fully saturated rings. The van der Waals surface area contributed by atoms with Gasteiger partial charge in [0, 0.05) is 29.0 Å². The van der Waals surface area contributed by atoms with Gasteiger partial charge in [-0.1, -0.05) is 11.8 Å². The lowest BCUT2D eigenvalue weighted by Crippen LogP contribution is -2.46. The van der Waals surface area contributed by atoms with Crippen molar-refractivity contribution in [1.82, 2.24) is 24.4 Å². The van der Waals surface area contributed by atoms with Crippen molar-refractivity contribution in [1.29, 1.82) is 0 Å². The van der Waals surface area contributed by atoms with Gasteiger partial charge in [-0.3, -0.25) is 4.79 Å². The van der Waals surface area contributed by atoms with Crippen LogP contribution in [0.5, 0.6) is 11.5 Å². The SMILES string of the molecule is C[C@@H](N)C(=O)N1CCCC(CCCn2c(Sc3cc4c(cc3Br)OCO4)nc3c(N)ncnc32)C1. The van der Waals surface area contributed by atoms with Crippen LogP contribution in [-0.2, 0) is 11.3 Å². The highest BCUT2D eigenvalue weighted by molar-refractivity contribution is 9.10. The second-order valence-corrected chi connectivity index (χ2v) is 10.8. The Morgan fingerprint density at radius 2 is 2.11 bits per heavy atom. The molecule has 2 aliphatic rings. The fraction of sp³-hybridized carbons (Fsp3) is 0.478. The number of anilines is 1. The van der Waals surface area contributed by atoms with Crippen molar-refractivity contribution in [2.24, 2.45) is 11.7 Å². The van der Waals surface area contributed by atoms with Gasteiger partial charge in [-0.25, -0.2) is 15.0 Å². The molecule has 12 heteroatoms. The van der Waals surface area contributed by atoms with Crippen LogP contribution in [0.3, 0.4) is 0 Å². The summed E-state index contributed by atoms with van der Waals surface area (Å²) in [6, 6.07) is 3.40. The number of ether oxygens (including phenoxy) is 2. The Hall–Kier alpha value is -2.57. The molecule has 0 saturated carbocycles. The van der Waals surface area contributed by atoms with E-state index >= 15 is 0 Å². The average Bonchev–Trinajstić information content (AvgIpc) is 3.44. The number of carbonyl (C=O) groups is 1. The summed E-state index contributed by atoms with van der Waals surface area (Å²) < 4.78 is 14.0. The van der Waals surface area contributed by atoms with Crippen molar-refractivity contribution in [3.8, 4) is 11.5 Å². The number of nitrogens with zero attached hydrogens (tertiary/aromatic N) is 5. The average molecular weight is 562 g/mol. The lowest BCUT2D eigenvalue weighted by Gasteiger charge is -2.33. The molecule has 1 aromatic carbocycles. The Balaban J connectivity index is 1.34. The number of nitrogens with two attached hydrogens (primary N) is 2. The molecule has 4 N–H and O–H groups in total. The fourth-order valence-corrected chi connectivity index (χ4v) is 6.12. The molecule has 0 bridgehead atoms. The van der Waals surface area contributed by atoms with Crippen molar-refractivity contribution in [2.75, 3.05) is 25.6 Å². The molecule has 1 saturated heterocycles. The number of nitrogen functional groups attached to an aromatic ring is 1. The molecule has 35 heavy (non-hydrogen) atoms. The molecule has 0 spiro atoms. The van der Waals surface area contributed by atoms with E-state index in [1.807, 2.05) is 17.0 Å². The van der Waals surface area contributed by atoms with Crippen LogP contribution in [0.1, 0.15) is 32.6 Å². The number of hydrogen-bond acceptors (Lipinski definition) is 9. The molecule has 10 nitrogen and oxygen atoms in total. The van der Waals surface area contributed by atoms with Crippen LogP contribution in [0.2, 0.25) is 0 Å². The van der Waals surface area contributed by atoms with Crippen LogP contribution >= 0.6 is 27.7 Å². The zero-order chi connectivity index (χ0) is 24.5. The van der Waals surface area contributed by atoms with Crippen LogP contribution < -0.4 is 20.9 Å². The van der Waals surface area contributed by atoms with Gasteiger partial charge in [0.2, 0.25) is 12.7 Å². The summed E-state index contributed by atoms with van der Waals surface area (Å²) >= 11 is 5.15. The lowest BCUT2D eigenvalue weighted by atomic mass is 9.93. The first-order chi connectivity index (χ1) is 16.9. The number of aromatic nitrogens is 4. The summed E-state index contributed by atoms with van der Waals surface area (Å²) in [4.78, 5) is 28.6. The molecule has 3 aromatic rings. The zero-order valence-corrected chi connectivity index (χ0v) is 21.8. The number of amides is 1. The summed E-state index contributed by atoms with van der Waals surface area (Å²) in [5, 5.41) is 0.782. The highest BCUT2D eigenvalue weighted by Gasteiger charge is 2.26. The summed E-state index contributed by atoms with van der Waals surface area (Å²) in [6.45, 7) is 4.27.